The van der Waals surface area contributed by atoms with Crippen LogP contribution in [0.1, 0.15) is 12.8 Å². The van der Waals surface area contributed by atoms with Crippen molar-refractivity contribution in [2.24, 2.45) is 0 Å². The van der Waals surface area contributed by atoms with E-state index in [0.717, 1.165) is 24.2 Å². The second-order valence-corrected chi connectivity index (χ2v) is 5.09. The van der Waals surface area contributed by atoms with Crippen LogP contribution in [0.25, 0.3) is 0 Å². The van der Waals surface area contributed by atoms with Gasteiger partial charge in [0.2, 0.25) is 0 Å². The average Bonchev–Trinajstić information content (AvgIpc) is 3.25. The van der Waals surface area contributed by atoms with E-state index in [-0.39, 0.29) is 11.8 Å². The zero-order valence-corrected chi connectivity index (χ0v) is 11.4. The Bertz CT molecular complexity index is 638. The minimum absolute atomic E-state index is 0.177. The zero-order chi connectivity index (χ0) is 14.7. The highest BCUT2D eigenvalue weighted by Gasteiger charge is 2.23. The van der Waals surface area contributed by atoms with Crippen LogP contribution < -0.4 is 16.0 Å². The Morgan fingerprint density at radius 3 is 2.38 bits per heavy atom. The van der Waals surface area contributed by atoms with E-state index < -0.39 is 0 Å². The molecule has 0 aromatic heterocycles. The van der Waals surface area contributed by atoms with Crippen molar-refractivity contribution in [1.82, 2.24) is 5.32 Å². The van der Waals surface area contributed by atoms with Gasteiger partial charge < -0.3 is 16.0 Å². The lowest BCUT2D eigenvalue weighted by Gasteiger charge is -2.09. The number of amides is 2. The van der Waals surface area contributed by atoms with Crippen LogP contribution in [0, 0.1) is 5.82 Å². The first-order chi connectivity index (χ1) is 10.2. The van der Waals surface area contributed by atoms with Crippen LogP contribution >= 0.6 is 0 Å². The molecule has 5 heteroatoms. The number of hydrogen-bond acceptors (Lipinski definition) is 2. The van der Waals surface area contributed by atoms with Crippen LogP contribution in [0.3, 0.4) is 0 Å². The highest BCUT2D eigenvalue weighted by atomic mass is 19.1. The van der Waals surface area contributed by atoms with Crippen molar-refractivity contribution in [1.29, 1.82) is 0 Å². The van der Waals surface area contributed by atoms with Gasteiger partial charge in [0.05, 0.1) is 0 Å². The van der Waals surface area contributed by atoms with Gasteiger partial charge >= 0.3 is 6.03 Å². The van der Waals surface area contributed by atoms with E-state index in [1.165, 1.54) is 12.1 Å². The highest BCUT2D eigenvalue weighted by Crippen LogP contribution is 2.21. The summed E-state index contributed by atoms with van der Waals surface area (Å²) in [5.41, 5.74) is 2.23. The number of benzene rings is 2. The van der Waals surface area contributed by atoms with Gasteiger partial charge in [0, 0.05) is 23.1 Å². The molecule has 0 spiro atoms. The summed E-state index contributed by atoms with van der Waals surface area (Å²) in [4.78, 5) is 11.6. The number of hydrogen-bond donors (Lipinski definition) is 3. The number of halogens is 1. The molecule has 4 nitrogen and oxygen atoms in total. The van der Waals surface area contributed by atoms with Gasteiger partial charge in [-0.3, -0.25) is 0 Å². The fourth-order valence-electron chi connectivity index (χ4n) is 1.95. The number of carbonyl (C=O) groups is 1. The normalized spacial score (nSPS) is 13.6. The molecule has 21 heavy (non-hydrogen) atoms. The molecule has 1 aliphatic rings. The topological polar surface area (TPSA) is 53.2 Å². The SMILES string of the molecule is O=C(Nc1ccc(Nc2cccc(F)c2)cc1)NC1CC1. The zero-order valence-electron chi connectivity index (χ0n) is 11.4. The second kappa shape index (κ2) is 5.83. The Hall–Kier alpha value is -2.56. The predicted molar refractivity (Wildman–Crippen MR) is 81.3 cm³/mol. The molecule has 2 aromatic rings. The molecule has 3 N–H and O–H groups in total. The van der Waals surface area contributed by atoms with Gasteiger partial charge in [0.15, 0.2) is 0 Å². The van der Waals surface area contributed by atoms with Crippen molar-refractivity contribution < 1.29 is 9.18 Å². The lowest BCUT2D eigenvalue weighted by Crippen LogP contribution is -2.30. The number of carbonyl (C=O) groups excluding carboxylic acids is 1. The van der Waals surface area contributed by atoms with E-state index in [4.69, 9.17) is 0 Å². The fourth-order valence-corrected chi connectivity index (χ4v) is 1.95. The van der Waals surface area contributed by atoms with Gasteiger partial charge in [-0.25, -0.2) is 9.18 Å². The summed E-state index contributed by atoms with van der Waals surface area (Å²) in [5.74, 6) is -0.282. The Balaban J connectivity index is 1.59. The molecular weight excluding hydrogens is 269 g/mol. The number of anilines is 3. The Labute approximate surface area is 122 Å². The van der Waals surface area contributed by atoms with E-state index in [1.54, 1.807) is 24.3 Å². The van der Waals surface area contributed by atoms with E-state index >= 15 is 0 Å². The first kappa shape index (κ1) is 13.4. The molecule has 2 aromatic carbocycles. The molecule has 0 bridgehead atoms. The molecule has 3 rings (SSSR count). The van der Waals surface area contributed by atoms with Crippen molar-refractivity contribution in [2.75, 3.05) is 10.6 Å². The van der Waals surface area contributed by atoms with Crippen molar-refractivity contribution in [2.45, 2.75) is 18.9 Å². The van der Waals surface area contributed by atoms with E-state index in [2.05, 4.69) is 16.0 Å². The summed E-state index contributed by atoms with van der Waals surface area (Å²) >= 11 is 0. The predicted octanol–water partition coefficient (Wildman–Crippen LogP) is 3.85. The van der Waals surface area contributed by atoms with Gasteiger partial charge in [-0.2, -0.15) is 0 Å². The van der Waals surface area contributed by atoms with Gasteiger partial charge in [-0.15, -0.1) is 0 Å². The smallest absolute Gasteiger partial charge is 0.319 e. The van der Waals surface area contributed by atoms with Crippen molar-refractivity contribution in [3.05, 3.63) is 54.3 Å². The second-order valence-electron chi connectivity index (χ2n) is 5.09. The first-order valence-electron chi connectivity index (χ1n) is 6.89. The molecule has 1 fully saturated rings. The van der Waals surface area contributed by atoms with Crippen LogP contribution in [0.15, 0.2) is 48.5 Å². The minimum atomic E-state index is -0.282. The molecule has 0 atom stereocenters. The Kier molecular flexibility index (Phi) is 3.73. The average molecular weight is 285 g/mol. The summed E-state index contributed by atoms with van der Waals surface area (Å²) in [6, 6.07) is 13.7. The van der Waals surface area contributed by atoms with Gasteiger partial charge in [0.1, 0.15) is 5.82 Å². The maximum absolute atomic E-state index is 13.1. The van der Waals surface area contributed by atoms with Crippen molar-refractivity contribution >= 4 is 23.1 Å². The molecule has 1 aliphatic carbocycles. The molecule has 0 unspecified atom stereocenters. The van der Waals surface area contributed by atoms with Crippen LogP contribution in [0.5, 0.6) is 0 Å². The van der Waals surface area contributed by atoms with Crippen LogP contribution in [0.2, 0.25) is 0 Å². The molecule has 108 valence electrons. The maximum atomic E-state index is 13.1. The summed E-state index contributed by atoms with van der Waals surface area (Å²) < 4.78 is 13.1. The lowest BCUT2D eigenvalue weighted by molar-refractivity contribution is 0.251. The number of rotatable bonds is 4. The Morgan fingerprint density at radius 2 is 1.71 bits per heavy atom. The molecule has 1 saturated carbocycles. The molecule has 0 radical (unpaired) electrons. The van der Waals surface area contributed by atoms with Gasteiger partial charge in [-0.05, 0) is 55.3 Å². The number of urea groups is 1. The third-order valence-corrected chi connectivity index (χ3v) is 3.17. The summed E-state index contributed by atoms with van der Waals surface area (Å²) in [6.45, 7) is 0. The van der Waals surface area contributed by atoms with Crippen LogP contribution in [-0.2, 0) is 0 Å². The summed E-state index contributed by atoms with van der Waals surface area (Å²) in [7, 11) is 0. The van der Waals surface area contributed by atoms with E-state index in [1.807, 2.05) is 12.1 Å². The quantitative estimate of drug-likeness (QED) is 0.799. The highest BCUT2D eigenvalue weighted by molar-refractivity contribution is 5.89. The van der Waals surface area contributed by atoms with Crippen molar-refractivity contribution in [3.63, 3.8) is 0 Å². The minimum Gasteiger partial charge on any atom is -0.355 e. The molecule has 2 amide bonds. The standard InChI is InChI=1S/C16H16FN3O/c17-11-2-1-3-15(10-11)18-12-4-6-13(7-5-12)19-16(21)20-14-8-9-14/h1-7,10,14,18H,8-9H2,(H2,19,20,21). The first-order valence-corrected chi connectivity index (χ1v) is 6.89. The molecule has 0 heterocycles. The summed E-state index contributed by atoms with van der Waals surface area (Å²) in [6.07, 6.45) is 2.12. The maximum Gasteiger partial charge on any atom is 0.319 e. The molecule has 0 aliphatic heterocycles. The van der Waals surface area contributed by atoms with E-state index in [9.17, 15) is 9.18 Å². The molecule has 0 saturated heterocycles. The van der Waals surface area contributed by atoms with Crippen molar-refractivity contribution in [3.8, 4) is 0 Å². The van der Waals surface area contributed by atoms with E-state index in [0.29, 0.717) is 11.7 Å². The Morgan fingerprint density at radius 1 is 1.00 bits per heavy atom. The largest absolute Gasteiger partial charge is 0.355 e. The monoisotopic (exact) mass is 285 g/mol. The fraction of sp³-hybridized carbons (Fsp3) is 0.188. The lowest BCUT2D eigenvalue weighted by atomic mass is 10.2. The third-order valence-electron chi connectivity index (χ3n) is 3.17. The van der Waals surface area contributed by atoms with Crippen LogP contribution in [-0.4, -0.2) is 12.1 Å². The summed E-state index contributed by atoms with van der Waals surface area (Å²) in [5, 5.41) is 8.73. The third kappa shape index (κ3) is 3.95. The van der Waals surface area contributed by atoms with Gasteiger partial charge in [0.25, 0.3) is 0 Å². The number of nitrogens with one attached hydrogen (secondary N) is 3. The molecular formula is C16H16FN3O. The van der Waals surface area contributed by atoms with Gasteiger partial charge in [-0.1, -0.05) is 6.07 Å². The van der Waals surface area contributed by atoms with Crippen LogP contribution in [0.4, 0.5) is 26.2 Å².